The summed E-state index contributed by atoms with van der Waals surface area (Å²) in [7, 11) is 0. The summed E-state index contributed by atoms with van der Waals surface area (Å²) >= 11 is 0. The number of piperidine rings is 1. The maximum Gasteiger partial charge on any atom is 0.128 e. The van der Waals surface area contributed by atoms with Gasteiger partial charge in [-0.3, -0.25) is 10.4 Å². The van der Waals surface area contributed by atoms with Gasteiger partial charge in [-0.05, 0) is 30.0 Å². The Hall–Kier alpha value is -1.82. The first kappa shape index (κ1) is 13.8. The third-order valence-corrected chi connectivity index (χ3v) is 4.79. The Labute approximate surface area is 129 Å². The van der Waals surface area contributed by atoms with Gasteiger partial charge in [0.15, 0.2) is 0 Å². The van der Waals surface area contributed by atoms with Crippen LogP contribution >= 0.6 is 0 Å². The minimum Gasteiger partial charge on any atom is -0.308 e. The van der Waals surface area contributed by atoms with Crippen LogP contribution in [0.3, 0.4) is 0 Å². The van der Waals surface area contributed by atoms with Gasteiger partial charge >= 0.3 is 0 Å². The molecule has 2 aliphatic heterocycles. The molecule has 2 aromatic rings. The SMILES string of the molecule is Fc1ccccc1C1NNC2CNC(c3cccnc3)CC21. The molecule has 0 radical (unpaired) electrons. The monoisotopic (exact) mass is 298 g/mol. The van der Waals surface area contributed by atoms with Crippen LogP contribution in [-0.4, -0.2) is 17.6 Å². The summed E-state index contributed by atoms with van der Waals surface area (Å²) in [6.45, 7) is 0.863. The Bertz CT molecular complexity index is 648. The fourth-order valence-corrected chi connectivity index (χ4v) is 3.64. The first-order valence-electron chi connectivity index (χ1n) is 7.72. The van der Waals surface area contributed by atoms with Crippen molar-refractivity contribution in [2.75, 3.05) is 6.54 Å². The van der Waals surface area contributed by atoms with Crippen LogP contribution in [0.15, 0.2) is 48.8 Å². The second-order valence-corrected chi connectivity index (χ2v) is 6.04. The number of aromatic nitrogens is 1. The van der Waals surface area contributed by atoms with Crippen LogP contribution in [0.25, 0.3) is 0 Å². The van der Waals surface area contributed by atoms with Crippen molar-refractivity contribution in [3.63, 3.8) is 0 Å². The van der Waals surface area contributed by atoms with Crippen LogP contribution in [0.4, 0.5) is 4.39 Å². The first-order chi connectivity index (χ1) is 10.8. The van der Waals surface area contributed by atoms with E-state index in [-0.39, 0.29) is 17.9 Å². The molecule has 1 aromatic heterocycles. The second kappa shape index (κ2) is 5.76. The van der Waals surface area contributed by atoms with Crippen molar-refractivity contribution in [1.82, 2.24) is 21.2 Å². The van der Waals surface area contributed by atoms with Gasteiger partial charge in [-0.1, -0.05) is 24.3 Å². The quantitative estimate of drug-likeness (QED) is 0.794. The fourth-order valence-electron chi connectivity index (χ4n) is 3.64. The summed E-state index contributed by atoms with van der Waals surface area (Å²) in [6, 6.07) is 11.7. The maximum absolute atomic E-state index is 14.1. The highest BCUT2D eigenvalue weighted by atomic mass is 19.1. The highest BCUT2D eigenvalue weighted by Crippen LogP contribution is 2.38. The van der Waals surface area contributed by atoms with E-state index in [4.69, 9.17) is 0 Å². The minimum atomic E-state index is -0.140. The lowest BCUT2D eigenvalue weighted by atomic mass is 9.80. The van der Waals surface area contributed by atoms with Gasteiger partial charge in [0, 0.05) is 36.6 Å². The largest absolute Gasteiger partial charge is 0.308 e. The van der Waals surface area contributed by atoms with Crippen molar-refractivity contribution in [3.8, 4) is 0 Å². The van der Waals surface area contributed by atoms with Crippen molar-refractivity contribution >= 4 is 0 Å². The van der Waals surface area contributed by atoms with E-state index in [1.165, 1.54) is 11.6 Å². The maximum atomic E-state index is 14.1. The zero-order valence-corrected chi connectivity index (χ0v) is 12.2. The van der Waals surface area contributed by atoms with E-state index in [1.807, 2.05) is 24.4 Å². The van der Waals surface area contributed by atoms with E-state index < -0.39 is 0 Å². The van der Waals surface area contributed by atoms with Gasteiger partial charge in [-0.15, -0.1) is 0 Å². The van der Waals surface area contributed by atoms with Crippen LogP contribution in [0.1, 0.15) is 29.6 Å². The third-order valence-electron chi connectivity index (χ3n) is 4.79. The number of pyridine rings is 1. The van der Waals surface area contributed by atoms with E-state index in [0.29, 0.717) is 12.0 Å². The molecule has 4 rings (SSSR count). The zero-order chi connectivity index (χ0) is 14.9. The van der Waals surface area contributed by atoms with Crippen molar-refractivity contribution in [2.24, 2.45) is 5.92 Å². The van der Waals surface area contributed by atoms with E-state index in [0.717, 1.165) is 18.5 Å². The summed E-state index contributed by atoms with van der Waals surface area (Å²) in [5.41, 5.74) is 8.53. The summed E-state index contributed by atoms with van der Waals surface area (Å²) in [5.74, 6) is 0.210. The molecule has 0 spiro atoms. The van der Waals surface area contributed by atoms with E-state index in [2.05, 4.69) is 27.2 Å². The molecule has 22 heavy (non-hydrogen) atoms. The average molecular weight is 298 g/mol. The van der Waals surface area contributed by atoms with Gasteiger partial charge < -0.3 is 5.32 Å². The Morgan fingerprint density at radius 1 is 1.09 bits per heavy atom. The van der Waals surface area contributed by atoms with Crippen molar-refractivity contribution in [3.05, 3.63) is 65.7 Å². The number of nitrogens with one attached hydrogen (secondary N) is 3. The van der Waals surface area contributed by atoms with Gasteiger partial charge in [0.05, 0.1) is 6.04 Å². The average Bonchev–Trinajstić information content (AvgIpc) is 2.99. The number of nitrogens with zero attached hydrogens (tertiary/aromatic N) is 1. The highest BCUT2D eigenvalue weighted by molar-refractivity contribution is 5.25. The molecular formula is C17H19FN4. The summed E-state index contributed by atoms with van der Waals surface area (Å²) in [4.78, 5) is 4.21. The predicted octanol–water partition coefficient (Wildman–Crippen LogP) is 2.09. The summed E-state index contributed by atoms with van der Waals surface area (Å²) in [6.07, 6.45) is 4.65. The minimum absolute atomic E-state index is 0.00692. The Morgan fingerprint density at radius 2 is 2.00 bits per heavy atom. The van der Waals surface area contributed by atoms with Crippen molar-refractivity contribution in [1.29, 1.82) is 0 Å². The normalized spacial score (nSPS) is 31.0. The number of hydrazine groups is 1. The Kier molecular flexibility index (Phi) is 3.62. The lowest BCUT2D eigenvalue weighted by Crippen LogP contribution is -2.46. The summed E-state index contributed by atoms with van der Waals surface area (Å²) < 4.78 is 14.1. The first-order valence-corrected chi connectivity index (χ1v) is 7.72. The molecule has 2 aliphatic rings. The molecule has 3 N–H and O–H groups in total. The molecule has 5 heteroatoms. The van der Waals surface area contributed by atoms with Gasteiger partial charge in [-0.2, -0.15) is 0 Å². The van der Waals surface area contributed by atoms with E-state index >= 15 is 0 Å². The van der Waals surface area contributed by atoms with Crippen molar-refractivity contribution < 1.29 is 4.39 Å². The predicted molar refractivity (Wildman–Crippen MR) is 82.3 cm³/mol. The number of rotatable bonds is 2. The number of benzene rings is 1. The molecular weight excluding hydrogens is 279 g/mol. The van der Waals surface area contributed by atoms with Gasteiger partial charge in [0.25, 0.3) is 0 Å². The molecule has 0 saturated carbocycles. The fraction of sp³-hybridized carbons (Fsp3) is 0.353. The lowest BCUT2D eigenvalue weighted by molar-refractivity contribution is 0.264. The van der Waals surface area contributed by atoms with E-state index in [1.54, 1.807) is 12.3 Å². The third kappa shape index (κ3) is 2.41. The lowest BCUT2D eigenvalue weighted by Gasteiger charge is -2.34. The van der Waals surface area contributed by atoms with Gasteiger partial charge in [0.2, 0.25) is 0 Å². The molecule has 4 nitrogen and oxygen atoms in total. The zero-order valence-electron chi connectivity index (χ0n) is 12.2. The second-order valence-electron chi connectivity index (χ2n) is 6.04. The topological polar surface area (TPSA) is 49.0 Å². The molecule has 4 unspecified atom stereocenters. The number of fused-ring (bicyclic) bond motifs is 1. The molecule has 114 valence electrons. The van der Waals surface area contributed by atoms with Crippen LogP contribution < -0.4 is 16.2 Å². The number of halogens is 1. The van der Waals surface area contributed by atoms with Crippen LogP contribution in [0, 0.1) is 11.7 Å². The van der Waals surface area contributed by atoms with Crippen molar-refractivity contribution in [2.45, 2.75) is 24.5 Å². The molecule has 2 fully saturated rings. The van der Waals surface area contributed by atoms with Crippen LogP contribution in [-0.2, 0) is 0 Å². The summed E-state index contributed by atoms with van der Waals surface area (Å²) in [5, 5.41) is 3.56. The van der Waals surface area contributed by atoms with Crippen LogP contribution in [0.2, 0.25) is 0 Å². The standard InChI is InChI=1S/C17H19FN4/c18-14-6-2-1-5-12(14)17-13-8-15(11-4-3-7-19-9-11)20-10-16(13)21-22-17/h1-7,9,13,15-17,20-22H,8,10H2. The molecule has 2 saturated heterocycles. The molecule has 0 aliphatic carbocycles. The van der Waals surface area contributed by atoms with Crippen LogP contribution in [0.5, 0.6) is 0 Å². The molecule has 0 amide bonds. The molecule has 3 heterocycles. The Balaban J connectivity index is 1.59. The van der Waals surface area contributed by atoms with Gasteiger partial charge in [-0.25, -0.2) is 9.82 Å². The molecule has 1 aromatic carbocycles. The molecule has 4 atom stereocenters. The smallest absolute Gasteiger partial charge is 0.128 e. The number of hydrogen-bond acceptors (Lipinski definition) is 4. The van der Waals surface area contributed by atoms with E-state index in [9.17, 15) is 4.39 Å². The highest BCUT2D eigenvalue weighted by Gasteiger charge is 2.41. The Morgan fingerprint density at radius 3 is 2.82 bits per heavy atom. The molecule has 0 bridgehead atoms. The van der Waals surface area contributed by atoms with Gasteiger partial charge in [0.1, 0.15) is 5.82 Å². The number of hydrogen-bond donors (Lipinski definition) is 3.